The van der Waals surface area contributed by atoms with Crippen LogP contribution in [0.15, 0.2) is 17.5 Å². The summed E-state index contributed by atoms with van der Waals surface area (Å²) >= 11 is 1.81. The Morgan fingerprint density at radius 1 is 1.59 bits per heavy atom. The first-order valence-electron chi connectivity index (χ1n) is 6.34. The van der Waals surface area contributed by atoms with Crippen LogP contribution in [0.3, 0.4) is 0 Å². The molecule has 2 aliphatic rings. The van der Waals surface area contributed by atoms with Crippen molar-refractivity contribution in [2.75, 3.05) is 19.8 Å². The maximum Gasteiger partial charge on any atom is 0.103 e. The highest BCUT2D eigenvalue weighted by Gasteiger charge is 2.37. The molecule has 2 heterocycles. The van der Waals surface area contributed by atoms with E-state index in [1.54, 1.807) is 11.3 Å². The Hall–Kier alpha value is -0.420. The molecule has 1 aliphatic heterocycles. The van der Waals surface area contributed by atoms with Crippen molar-refractivity contribution in [3.8, 4) is 0 Å². The zero-order valence-corrected chi connectivity index (χ0v) is 10.7. The smallest absolute Gasteiger partial charge is 0.103 e. The van der Waals surface area contributed by atoms with Crippen LogP contribution < -0.4 is 5.32 Å². The number of aliphatic hydroxyl groups is 1. The molecule has 0 bridgehead atoms. The average molecular weight is 253 g/mol. The quantitative estimate of drug-likeness (QED) is 0.842. The van der Waals surface area contributed by atoms with Crippen LogP contribution in [0.4, 0.5) is 0 Å². The lowest BCUT2D eigenvalue weighted by atomic mass is 10.0. The van der Waals surface area contributed by atoms with Gasteiger partial charge in [-0.3, -0.25) is 0 Å². The van der Waals surface area contributed by atoms with E-state index in [1.807, 2.05) is 0 Å². The van der Waals surface area contributed by atoms with E-state index >= 15 is 0 Å². The summed E-state index contributed by atoms with van der Waals surface area (Å²) in [5, 5.41) is 15.9. The number of nitrogens with one attached hydrogen (secondary N) is 1. The summed E-state index contributed by atoms with van der Waals surface area (Å²) in [5.41, 5.74) is -0.648. The first kappa shape index (κ1) is 11.7. The SMILES string of the molecule is OC1(CNC(c2cccs2)C2CC2)CCOC1. The van der Waals surface area contributed by atoms with Crippen LogP contribution in [-0.4, -0.2) is 30.5 Å². The lowest BCUT2D eigenvalue weighted by molar-refractivity contribution is 0.0242. The molecule has 0 radical (unpaired) electrons. The van der Waals surface area contributed by atoms with Gasteiger partial charge in [-0.2, -0.15) is 0 Å². The molecule has 2 atom stereocenters. The fourth-order valence-corrected chi connectivity index (χ4v) is 3.33. The fraction of sp³-hybridized carbons (Fsp3) is 0.692. The van der Waals surface area contributed by atoms with Gasteiger partial charge in [0.05, 0.1) is 6.61 Å². The second-order valence-corrected chi connectivity index (χ2v) is 6.22. The van der Waals surface area contributed by atoms with Crippen LogP contribution in [0.25, 0.3) is 0 Å². The van der Waals surface area contributed by atoms with E-state index in [1.165, 1.54) is 17.7 Å². The van der Waals surface area contributed by atoms with Gasteiger partial charge in [0.25, 0.3) is 0 Å². The molecule has 2 fully saturated rings. The van der Waals surface area contributed by atoms with Gasteiger partial charge in [0.15, 0.2) is 0 Å². The Kier molecular flexibility index (Phi) is 3.21. The molecule has 3 rings (SSSR count). The van der Waals surface area contributed by atoms with Crippen molar-refractivity contribution in [1.82, 2.24) is 5.32 Å². The van der Waals surface area contributed by atoms with E-state index in [4.69, 9.17) is 4.74 Å². The molecule has 0 spiro atoms. The first-order valence-corrected chi connectivity index (χ1v) is 7.22. The maximum absolute atomic E-state index is 10.3. The van der Waals surface area contributed by atoms with Gasteiger partial charge in [-0.25, -0.2) is 0 Å². The normalized spacial score (nSPS) is 30.6. The molecule has 1 aliphatic carbocycles. The van der Waals surface area contributed by atoms with Gasteiger partial charge >= 0.3 is 0 Å². The zero-order chi connectivity index (χ0) is 11.7. The van der Waals surface area contributed by atoms with Crippen LogP contribution in [0.2, 0.25) is 0 Å². The van der Waals surface area contributed by atoms with Crippen molar-refractivity contribution in [2.45, 2.75) is 30.9 Å². The number of hydrogen-bond acceptors (Lipinski definition) is 4. The minimum atomic E-state index is -0.648. The fourth-order valence-electron chi connectivity index (χ4n) is 2.43. The summed E-state index contributed by atoms with van der Waals surface area (Å²) in [7, 11) is 0. The van der Waals surface area contributed by atoms with Gasteiger partial charge in [-0.1, -0.05) is 6.07 Å². The average Bonchev–Trinajstić information content (AvgIpc) is 2.84. The topological polar surface area (TPSA) is 41.5 Å². The lowest BCUT2D eigenvalue weighted by Gasteiger charge is -2.25. The second kappa shape index (κ2) is 4.69. The minimum absolute atomic E-state index is 0.430. The molecular formula is C13H19NO2S. The highest BCUT2D eigenvalue weighted by molar-refractivity contribution is 7.10. The van der Waals surface area contributed by atoms with Crippen LogP contribution in [0.5, 0.6) is 0 Å². The van der Waals surface area contributed by atoms with Crippen molar-refractivity contribution in [2.24, 2.45) is 5.92 Å². The standard InChI is InChI=1S/C13H19NO2S/c15-13(5-6-16-9-13)8-14-12(10-3-4-10)11-2-1-7-17-11/h1-2,7,10,12,14-15H,3-6,8-9H2. The summed E-state index contributed by atoms with van der Waals surface area (Å²) < 4.78 is 5.27. The van der Waals surface area contributed by atoms with Crippen LogP contribution in [-0.2, 0) is 4.74 Å². The van der Waals surface area contributed by atoms with Gasteiger partial charge in [0.1, 0.15) is 5.60 Å². The van der Waals surface area contributed by atoms with Crippen molar-refractivity contribution >= 4 is 11.3 Å². The van der Waals surface area contributed by atoms with Gasteiger partial charge in [0.2, 0.25) is 0 Å². The molecule has 94 valence electrons. The van der Waals surface area contributed by atoms with E-state index in [0.717, 1.165) is 12.3 Å². The molecule has 2 N–H and O–H groups in total. The number of rotatable bonds is 5. The minimum Gasteiger partial charge on any atom is -0.386 e. The third kappa shape index (κ3) is 2.71. The van der Waals surface area contributed by atoms with Gasteiger partial charge in [0, 0.05) is 30.5 Å². The molecule has 4 heteroatoms. The molecule has 1 aromatic rings. The first-order chi connectivity index (χ1) is 8.27. The predicted octanol–water partition coefficient (Wildman–Crippen LogP) is 1.94. The molecule has 0 amide bonds. The monoisotopic (exact) mass is 253 g/mol. The van der Waals surface area contributed by atoms with Crippen molar-refractivity contribution in [1.29, 1.82) is 0 Å². The van der Waals surface area contributed by atoms with E-state index in [9.17, 15) is 5.11 Å². The zero-order valence-electron chi connectivity index (χ0n) is 9.89. The Bertz CT molecular complexity index is 356. The van der Waals surface area contributed by atoms with Gasteiger partial charge in [-0.05, 0) is 30.2 Å². The predicted molar refractivity (Wildman–Crippen MR) is 68.2 cm³/mol. The highest BCUT2D eigenvalue weighted by atomic mass is 32.1. The molecule has 17 heavy (non-hydrogen) atoms. The lowest BCUT2D eigenvalue weighted by Crippen LogP contribution is -2.42. The number of hydrogen-bond donors (Lipinski definition) is 2. The summed E-state index contributed by atoms with van der Waals surface area (Å²) in [6, 6.07) is 4.72. The molecule has 0 aromatic carbocycles. The van der Waals surface area contributed by atoms with E-state index < -0.39 is 5.60 Å². The second-order valence-electron chi connectivity index (χ2n) is 5.24. The molecular weight excluding hydrogens is 234 g/mol. The van der Waals surface area contributed by atoms with Crippen LogP contribution in [0.1, 0.15) is 30.2 Å². The van der Waals surface area contributed by atoms with Crippen molar-refractivity contribution < 1.29 is 9.84 Å². The molecule has 1 aromatic heterocycles. The van der Waals surface area contributed by atoms with Crippen LogP contribution in [0, 0.1) is 5.92 Å². The van der Waals surface area contributed by atoms with Gasteiger partial charge in [-0.15, -0.1) is 11.3 Å². The number of ether oxygens (including phenoxy) is 1. The maximum atomic E-state index is 10.3. The third-order valence-corrected chi connectivity index (χ3v) is 4.63. The summed E-state index contributed by atoms with van der Waals surface area (Å²) in [4.78, 5) is 1.40. The Morgan fingerprint density at radius 2 is 2.47 bits per heavy atom. The molecule has 1 saturated carbocycles. The Labute approximate surface area is 106 Å². The third-order valence-electron chi connectivity index (χ3n) is 3.68. The van der Waals surface area contributed by atoms with Crippen molar-refractivity contribution in [3.05, 3.63) is 22.4 Å². The highest BCUT2D eigenvalue weighted by Crippen LogP contribution is 2.42. The largest absolute Gasteiger partial charge is 0.386 e. The van der Waals surface area contributed by atoms with Crippen molar-refractivity contribution in [3.63, 3.8) is 0 Å². The Balaban J connectivity index is 1.61. The number of thiophene rings is 1. The van der Waals surface area contributed by atoms with Gasteiger partial charge < -0.3 is 15.2 Å². The summed E-state index contributed by atoms with van der Waals surface area (Å²) in [6.07, 6.45) is 3.37. The Morgan fingerprint density at radius 3 is 3.06 bits per heavy atom. The molecule has 2 unspecified atom stereocenters. The van der Waals surface area contributed by atoms with Crippen LogP contribution >= 0.6 is 11.3 Å². The van der Waals surface area contributed by atoms with E-state index in [2.05, 4.69) is 22.8 Å². The molecule has 1 saturated heterocycles. The molecule has 3 nitrogen and oxygen atoms in total. The van der Waals surface area contributed by atoms with E-state index in [-0.39, 0.29) is 0 Å². The van der Waals surface area contributed by atoms with E-state index in [0.29, 0.717) is 25.8 Å². The summed E-state index contributed by atoms with van der Waals surface area (Å²) in [6.45, 7) is 1.80. The summed E-state index contributed by atoms with van der Waals surface area (Å²) in [5.74, 6) is 0.763.